The van der Waals surface area contributed by atoms with Gasteiger partial charge in [-0.1, -0.05) is 54.6 Å². The quantitative estimate of drug-likeness (QED) is 0.793. The molecule has 1 aliphatic rings. The summed E-state index contributed by atoms with van der Waals surface area (Å²) in [6, 6.07) is 19.0. The highest BCUT2D eigenvalue weighted by Crippen LogP contribution is 2.37. The highest BCUT2D eigenvalue weighted by atomic mass is 16.1. The summed E-state index contributed by atoms with van der Waals surface area (Å²) >= 11 is 0. The van der Waals surface area contributed by atoms with Crippen molar-refractivity contribution < 1.29 is 4.79 Å². The molecule has 0 bridgehead atoms. The fraction of sp³-hybridized carbons (Fsp3) is 0.278. The Morgan fingerprint density at radius 2 is 1.47 bits per heavy atom. The first kappa shape index (κ1) is 12.2. The lowest BCUT2D eigenvalue weighted by Crippen LogP contribution is -2.28. The van der Waals surface area contributed by atoms with Gasteiger partial charge in [-0.15, -0.1) is 0 Å². The maximum Gasteiger partial charge on any atom is 0.133 e. The molecule has 0 unspecified atom stereocenters. The number of carbonyl (C=O) groups excluding carboxylic acids is 1. The molecule has 2 aromatic carbocycles. The van der Waals surface area contributed by atoms with Crippen molar-refractivity contribution in [3.8, 4) is 0 Å². The molecular formula is C18H18O. The molecule has 19 heavy (non-hydrogen) atoms. The number of benzene rings is 2. The molecule has 0 aromatic heterocycles. The molecule has 96 valence electrons. The van der Waals surface area contributed by atoms with Crippen molar-refractivity contribution in [3.05, 3.63) is 71.3 Å². The first-order chi connectivity index (χ1) is 9.25. The van der Waals surface area contributed by atoms with Crippen LogP contribution in [0.4, 0.5) is 0 Å². The number of fused-ring (bicyclic) bond motifs is 1. The zero-order valence-electron chi connectivity index (χ0n) is 11.2. The van der Waals surface area contributed by atoms with Gasteiger partial charge in [0.05, 0.1) is 0 Å². The third kappa shape index (κ3) is 2.33. The first-order valence-electron chi connectivity index (χ1n) is 6.88. The predicted molar refractivity (Wildman–Crippen MR) is 77.2 cm³/mol. The van der Waals surface area contributed by atoms with E-state index in [4.69, 9.17) is 0 Å². The number of carbonyl (C=O) groups is 1. The van der Waals surface area contributed by atoms with Crippen LogP contribution in [0.25, 0.3) is 0 Å². The number of ketones is 1. The van der Waals surface area contributed by atoms with Crippen molar-refractivity contribution in [3.63, 3.8) is 0 Å². The minimum atomic E-state index is 0.122. The zero-order valence-corrected chi connectivity index (χ0v) is 11.2. The van der Waals surface area contributed by atoms with Crippen LogP contribution in [0, 0.1) is 5.92 Å². The summed E-state index contributed by atoms with van der Waals surface area (Å²) in [5.74, 6) is 0.759. The summed E-state index contributed by atoms with van der Waals surface area (Å²) in [6.45, 7) is 1.73. The SMILES string of the molecule is CC(=O)[C@H]1Cc2ccccc2C[C@@H]1c1ccccc1. The van der Waals surface area contributed by atoms with Crippen molar-refractivity contribution in [2.45, 2.75) is 25.7 Å². The zero-order chi connectivity index (χ0) is 13.2. The minimum Gasteiger partial charge on any atom is -0.300 e. The fourth-order valence-electron chi connectivity index (χ4n) is 3.19. The van der Waals surface area contributed by atoms with E-state index in [-0.39, 0.29) is 5.92 Å². The van der Waals surface area contributed by atoms with Crippen LogP contribution in [0.5, 0.6) is 0 Å². The molecule has 0 spiro atoms. The maximum absolute atomic E-state index is 12.0. The van der Waals surface area contributed by atoms with E-state index in [0.29, 0.717) is 11.7 Å². The van der Waals surface area contributed by atoms with Gasteiger partial charge in [0.2, 0.25) is 0 Å². The Labute approximate surface area is 114 Å². The van der Waals surface area contributed by atoms with Crippen LogP contribution in [-0.4, -0.2) is 5.78 Å². The monoisotopic (exact) mass is 250 g/mol. The lowest BCUT2D eigenvalue weighted by atomic mass is 9.71. The molecule has 3 rings (SSSR count). The summed E-state index contributed by atoms with van der Waals surface area (Å²) in [6.07, 6.45) is 1.86. The van der Waals surface area contributed by atoms with E-state index >= 15 is 0 Å². The molecule has 2 atom stereocenters. The molecule has 0 amide bonds. The Balaban J connectivity index is 2.01. The Kier molecular flexibility index (Phi) is 3.20. The topological polar surface area (TPSA) is 17.1 Å². The van der Waals surface area contributed by atoms with E-state index in [1.807, 2.05) is 6.07 Å². The average Bonchev–Trinajstić information content (AvgIpc) is 2.46. The summed E-state index contributed by atoms with van der Waals surface area (Å²) in [7, 11) is 0. The van der Waals surface area contributed by atoms with Gasteiger partial charge in [0.25, 0.3) is 0 Å². The molecule has 0 radical (unpaired) electrons. The highest BCUT2D eigenvalue weighted by molar-refractivity contribution is 5.80. The fourth-order valence-corrected chi connectivity index (χ4v) is 3.19. The van der Waals surface area contributed by atoms with Gasteiger partial charge in [0.1, 0.15) is 5.78 Å². The summed E-state index contributed by atoms with van der Waals surface area (Å²) in [4.78, 5) is 12.0. The number of Topliss-reactive ketones (excluding diaryl/α,β-unsaturated/α-hetero) is 1. The van der Waals surface area contributed by atoms with Crippen molar-refractivity contribution in [2.24, 2.45) is 5.92 Å². The lowest BCUT2D eigenvalue weighted by Gasteiger charge is -2.32. The van der Waals surface area contributed by atoms with Gasteiger partial charge in [-0.05, 0) is 42.4 Å². The molecule has 0 heterocycles. The Hall–Kier alpha value is -1.89. The Morgan fingerprint density at radius 1 is 0.895 bits per heavy atom. The third-order valence-corrected chi connectivity index (χ3v) is 4.23. The van der Waals surface area contributed by atoms with Gasteiger partial charge in [-0.3, -0.25) is 4.79 Å². The lowest BCUT2D eigenvalue weighted by molar-refractivity contribution is -0.121. The second-order valence-electron chi connectivity index (χ2n) is 5.41. The second kappa shape index (κ2) is 5.00. The van der Waals surface area contributed by atoms with Crippen molar-refractivity contribution in [1.29, 1.82) is 0 Å². The number of hydrogen-bond donors (Lipinski definition) is 0. The first-order valence-corrected chi connectivity index (χ1v) is 6.88. The van der Waals surface area contributed by atoms with Crippen molar-refractivity contribution in [2.75, 3.05) is 0 Å². The van der Waals surface area contributed by atoms with Gasteiger partial charge in [0.15, 0.2) is 0 Å². The molecule has 0 saturated carbocycles. The van der Waals surface area contributed by atoms with Crippen LogP contribution in [0.1, 0.15) is 29.5 Å². The van der Waals surface area contributed by atoms with Crippen LogP contribution < -0.4 is 0 Å². The van der Waals surface area contributed by atoms with Crippen LogP contribution in [-0.2, 0) is 17.6 Å². The van der Waals surface area contributed by atoms with E-state index < -0.39 is 0 Å². The molecule has 2 aromatic rings. The van der Waals surface area contributed by atoms with Gasteiger partial charge in [-0.2, -0.15) is 0 Å². The summed E-state index contributed by atoms with van der Waals surface area (Å²) in [5.41, 5.74) is 4.03. The van der Waals surface area contributed by atoms with E-state index in [0.717, 1.165) is 12.8 Å². The highest BCUT2D eigenvalue weighted by Gasteiger charge is 2.32. The largest absolute Gasteiger partial charge is 0.300 e. The van der Waals surface area contributed by atoms with Gasteiger partial charge >= 0.3 is 0 Å². The molecule has 1 nitrogen and oxygen atoms in total. The smallest absolute Gasteiger partial charge is 0.133 e. The Bertz CT molecular complexity index is 586. The van der Waals surface area contributed by atoms with Gasteiger partial charge in [-0.25, -0.2) is 0 Å². The third-order valence-electron chi connectivity index (χ3n) is 4.23. The van der Waals surface area contributed by atoms with Gasteiger partial charge in [0, 0.05) is 5.92 Å². The minimum absolute atomic E-state index is 0.122. The average molecular weight is 250 g/mol. The van der Waals surface area contributed by atoms with Crippen LogP contribution in [0.15, 0.2) is 54.6 Å². The summed E-state index contributed by atoms with van der Waals surface area (Å²) in [5, 5.41) is 0. The molecule has 1 aliphatic carbocycles. The molecule has 1 heteroatoms. The number of rotatable bonds is 2. The predicted octanol–water partition coefficient (Wildman–Crippen LogP) is 3.77. The summed E-state index contributed by atoms with van der Waals surface area (Å²) < 4.78 is 0. The second-order valence-corrected chi connectivity index (χ2v) is 5.41. The Morgan fingerprint density at radius 3 is 2.11 bits per heavy atom. The van der Waals surface area contributed by atoms with E-state index in [9.17, 15) is 4.79 Å². The normalized spacial score (nSPS) is 21.7. The van der Waals surface area contributed by atoms with Crippen molar-refractivity contribution in [1.82, 2.24) is 0 Å². The molecule has 0 saturated heterocycles. The number of hydrogen-bond acceptors (Lipinski definition) is 1. The van der Waals surface area contributed by atoms with Crippen molar-refractivity contribution >= 4 is 5.78 Å². The van der Waals surface area contributed by atoms with Gasteiger partial charge < -0.3 is 0 Å². The standard InChI is InChI=1S/C18H18O/c1-13(19)17-11-15-9-5-6-10-16(15)12-18(17)14-7-3-2-4-8-14/h2-10,17-18H,11-12H2,1H3/t17-,18-/m1/s1. The van der Waals surface area contributed by atoms with Crippen LogP contribution in [0.3, 0.4) is 0 Å². The molecule has 0 aliphatic heterocycles. The van der Waals surface area contributed by atoms with E-state index in [2.05, 4.69) is 48.5 Å². The molecular weight excluding hydrogens is 232 g/mol. The van der Waals surface area contributed by atoms with E-state index in [1.165, 1.54) is 16.7 Å². The van der Waals surface area contributed by atoms with Crippen LogP contribution in [0.2, 0.25) is 0 Å². The molecule has 0 N–H and O–H groups in total. The van der Waals surface area contributed by atoms with Crippen LogP contribution >= 0.6 is 0 Å². The molecule has 0 fully saturated rings. The van der Waals surface area contributed by atoms with E-state index in [1.54, 1.807) is 6.92 Å². The maximum atomic E-state index is 12.0.